The Hall–Kier alpha value is -2.72. The summed E-state index contributed by atoms with van der Waals surface area (Å²) in [7, 11) is 1.80. The number of amides is 1. The predicted octanol–water partition coefficient (Wildman–Crippen LogP) is -0.374. The van der Waals surface area contributed by atoms with Gasteiger partial charge in [0.05, 0.1) is 18.3 Å². The molecule has 10 nitrogen and oxygen atoms in total. The second kappa shape index (κ2) is 9.11. The zero-order chi connectivity index (χ0) is 19.1. The Labute approximate surface area is 150 Å². The number of aliphatic hydroxyl groups is 1. The van der Waals surface area contributed by atoms with Crippen LogP contribution in [0.5, 0.6) is 0 Å². The molecule has 3 rings (SSSR count). The molecule has 1 fully saturated rings. The van der Waals surface area contributed by atoms with Crippen LogP contribution in [0.4, 0.5) is 5.82 Å². The highest BCUT2D eigenvalue weighted by molar-refractivity contribution is 5.91. The number of carbonyl (C=O) groups is 2. The van der Waals surface area contributed by atoms with Crippen LogP contribution in [0.15, 0.2) is 18.3 Å². The number of hydrogen-bond acceptors (Lipinski definition) is 6. The van der Waals surface area contributed by atoms with E-state index in [0.29, 0.717) is 25.3 Å². The second-order valence-electron chi connectivity index (χ2n) is 6.30. The summed E-state index contributed by atoms with van der Waals surface area (Å²) in [5.41, 5.74) is 1.96. The van der Waals surface area contributed by atoms with Crippen LogP contribution in [0.2, 0.25) is 0 Å². The molecule has 1 amide bonds. The number of nitrogens with zero attached hydrogens (tertiary/aromatic N) is 4. The number of aryl methyl sites for hydroxylation is 2. The molecule has 142 valence electrons. The van der Waals surface area contributed by atoms with Gasteiger partial charge in [0.1, 0.15) is 0 Å². The maximum Gasteiger partial charge on any atom is 0.290 e. The van der Waals surface area contributed by atoms with Crippen molar-refractivity contribution in [3.63, 3.8) is 0 Å². The van der Waals surface area contributed by atoms with Gasteiger partial charge in [-0.25, -0.2) is 0 Å². The maximum absolute atomic E-state index is 12.1. The van der Waals surface area contributed by atoms with Gasteiger partial charge in [-0.2, -0.15) is 10.2 Å². The lowest BCUT2D eigenvalue weighted by Crippen LogP contribution is -2.32. The SMILES string of the molecule is Cc1cc(C[C@@H]2CN(CC(=O)Nc3ccn(C)n3)C[C@H]2O)n[nH]1.O=CO. The lowest BCUT2D eigenvalue weighted by molar-refractivity contribution is -0.123. The van der Waals surface area contributed by atoms with Crippen LogP contribution in [-0.2, 0) is 23.1 Å². The van der Waals surface area contributed by atoms with E-state index in [0.717, 1.165) is 11.4 Å². The van der Waals surface area contributed by atoms with Crippen LogP contribution in [0, 0.1) is 12.8 Å². The minimum absolute atomic E-state index is 0.0975. The fraction of sp³-hybridized carbons (Fsp3) is 0.500. The number of carboxylic acid groups (broad SMARTS) is 1. The van der Waals surface area contributed by atoms with Crippen LogP contribution < -0.4 is 5.32 Å². The van der Waals surface area contributed by atoms with Gasteiger partial charge < -0.3 is 15.5 Å². The summed E-state index contributed by atoms with van der Waals surface area (Å²) in [6, 6.07) is 3.74. The molecule has 2 aromatic rings. The molecule has 0 spiro atoms. The predicted molar refractivity (Wildman–Crippen MR) is 93.5 cm³/mol. The third-order valence-electron chi connectivity index (χ3n) is 4.06. The highest BCUT2D eigenvalue weighted by atomic mass is 16.3. The van der Waals surface area contributed by atoms with E-state index in [4.69, 9.17) is 9.90 Å². The number of nitrogens with one attached hydrogen (secondary N) is 2. The van der Waals surface area contributed by atoms with Crippen molar-refractivity contribution in [3.05, 3.63) is 29.7 Å². The van der Waals surface area contributed by atoms with Gasteiger partial charge in [0.25, 0.3) is 6.47 Å². The normalized spacial score (nSPS) is 19.7. The molecule has 0 radical (unpaired) electrons. The molecule has 0 bridgehead atoms. The van der Waals surface area contributed by atoms with Crippen LogP contribution >= 0.6 is 0 Å². The fourth-order valence-electron chi connectivity index (χ4n) is 2.99. The second-order valence-corrected chi connectivity index (χ2v) is 6.30. The Morgan fingerprint density at radius 2 is 2.23 bits per heavy atom. The molecule has 0 saturated carbocycles. The van der Waals surface area contributed by atoms with Gasteiger partial charge in [-0.05, 0) is 19.4 Å². The van der Waals surface area contributed by atoms with Crippen molar-refractivity contribution in [3.8, 4) is 0 Å². The van der Waals surface area contributed by atoms with E-state index >= 15 is 0 Å². The fourth-order valence-corrected chi connectivity index (χ4v) is 2.99. The van der Waals surface area contributed by atoms with Crippen molar-refractivity contribution in [2.45, 2.75) is 19.4 Å². The number of hydrogen-bond donors (Lipinski definition) is 4. The van der Waals surface area contributed by atoms with Crippen molar-refractivity contribution < 1.29 is 19.8 Å². The summed E-state index contributed by atoms with van der Waals surface area (Å²) in [4.78, 5) is 22.4. The number of aromatic amines is 1. The first-order valence-corrected chi connectivity index (χ1v) is 8.20. The topological polar surface area (TPSA) is 136 Å². The summed E-state index contributed by atoms with van der Waals surface area (Å²) in [5.74, 6) is 0.522. The average Bonchev–Trinajstić information content (AvgIpc) is 3.23. The summed E-state index contributed by atoms with van der Waals surface area (Å²) in [6.45, 7) is 3.14. The number of aliphatic hydroxyl groups excluding tert-OH is 1. The zero-order valence-corrected chi connectivity index (χ0v) is 14.8. The van der Waals surface area contributed by atoms with E-state index in [9.17, 15) is 9.90 Å². The number of anilines is 1. The van der Waals surface area contributed by atoms with Gasteiger partial charge in [0.15, 0.2) is 5.82 Å². The first kappa shape index (κ1) is 19.6. The summed E-state index contributed by atoms with van der Waals surface area (Å²) < 4.78 is 1.64. The van der Waals surface area contributed by atoms with Gasteiger partial charge in [-0.1, -0.05) is 0 Å². The smallest absolute Gasteiger partial charge is 0.290 e. The summed E-state index contributed by atoms with van der Waals surface area (Å²) in [5, 5.41) is 31.1. The zero-order valence-electron chi connectivity index (χ0n) is 14.8. The highest BCUT2D eigenvalue weighted by Crippen LogP contribution is 2.21. The van der Waals surface area contributed by atoms with E-state index in [-0.39, 0.29) is 24.8 Å². The van der Waals surface area contributed by atoms with Crippen LogP contribution in [0.1, 0.15) is 11.4 Å². The largest absolute Gasteiger partial charge is 0.483 e. The average molecular weight is 364 g/mol. The Morgan fingerprint density at radius 1 is 1.50 bits per heavy atom. The first-order chi connectivity index (χ1) is 12.4. The molecule has 1 saturated heterocycles. The number of aromatic nitrogens is 4. The standard InChI is InChI=1S/C15H22N6O2.CH2O2/c1-10-5-12(18-17-10)6-11-7-21(8-13(11)22)9-15(23)16-14-3-4-20(2)19-14;2-1-3/h3-5,11,13,22H,6-9H2,1-2H3,(H,17,18)(H,16,19,23);1H,(H,2,3)/t11-,13-;/m1./s1. The van der Waals surface area contributed by atoms with E-state index in [1.54, 1.807) is 24.0 Å². The molecule has 3 heterocycles. The third-order valence-corrected chi connectivity index (χ3v) is 4.06. The van der Waals surface area contributed by atoms with Crippen molar-refractivity contribution in [1.29, 1.82) is 0 Å². The van der Waals surface area contributed by atoms with E-state index in [1.807, 2.05) is 17.9 Å². The maximum atomic E-state index is 12.1. The van der Waals surface area contributed by atoms with E-state index in [2.05, 4.69) is 20.6 Å². The van der Waals surface area contributed by atoms with E-state index in [1.165, 1.54) is 0 Å². The molecular formula is C16H24N6O4. The lowest BCUT2D eigenvalue weighted by atomic mass is 10.0. The Bertz CT molecular complexity index is 728. The number of rotatable bonds is 5. The van der Waals surface area contributed by atoms with Crippen molar-refractivity contribution >= 4 is 18.2 Å². The van der Waals surface area contributed by atoms with Crippen molar-refractivity contribution in [2.75, 3.05) is 25.0 Å². The quantitative estimate of drug-likeness (QED) is 0.531. The molecule has 0 aromatic carbocycles. The molecule has 0 aliphatic carbocycles. The lowest BCUT2D eigenvalue weighted by Gasteiger charge is -2.14. The number of carbonyl (C=O) groups excluding carboxylic acids is 1. The minimum atomic E-state index is -0.436. The molecule has 4 N–H and O–H groups in total. The van der Waals surface area contributed by atoms with Gasteiger partial charge >= 0.3 is 0 Å². The Morgan fingerprint density at radius 3 is 2.81 bits per heavy atom. The van der Waals surface area contributed by atoms with Crippen LogP contribution in [0.25, 0.3) is 0 Å². The monoisotopic (exact) mass is 364 g/mol. The van der Waals surface area contributed by atoms with Crippen LogP contribution in [-0.4, -0.2) is 73.2 Å². The van der Waals surface area contributed by atoms with Gasteiger partial charge in [0, 0.05) is 44.0 Å². The Balaban J connectivity index is 0.000000758. The molecule has 10 heteroatoms. The van der Waals surface area contributed by atoms with Crippen molar-refractivity contribution in [2.24, 2.45) is 13.0 Å². The molecule has 26 heavy (non-hydrogen) atoms. The van der Waals surface area contributed by atoms with Gasteiger partial charge in [0.2, 0.25) is 5.91 Å². The summed E-state index contributed by atoms with van der Waals surface area (Å²) in [6.07, 6.45) is 2.05. The van der Waals surface area contributed by atoms with E-state index < -0.39 is 6.10 Å². The van der Waals surface area contributed by atoms with Gasteiger partial charge in [-0.15, -0.1) is 0 Å². The number of H-pyrrole nitrogens is 1. The number of likely N-dealkylation sites (tertiary alicyclic amines) is 1. The molecule has 1 aliphatic rings. The van der Waals surface area contributed by atoms with Gasteiger partial charge in [-0.3, -0.25) is 24.3 Å². The molecule has 2 atom stereocenters. The van der Waals surface area contributed by atoms with Crippen LogP contribution in [0.3, 0.4) is 0 Å². The number of β-amino-alcohol motifs (C(OH)–C–C–N with tert-alkyl or cyclic N) is 1. The molecule has 1 aliphatic heterocycles. The highest BCUT2D eigenvalue weighted by Gasteiger charge is 2.32. The molecule has 0 unspecified atom stereocenters. The molecular weight excluding hydrogens is 340 g/mol. The minimum Gasteiger partial charge on any atom is -0.483 e. The summed E-state index contributed by atoms with van der Waals surface area (Å²) >= 11 is 0. The van der Waals surface area contributed by atoms with Crippen molar-refractivity contribution in [1.82, 2.24) is 24.9 Å². The first-order valence-electron chi connectivity index (χ1n) is 8.20. The third kappa shape index (κ3) is 5.67. The Kier molecular flexibility index (Phi) is 6.87. The molecule has 2 aromatic heterocycles.